The number of anilines is 2. The molecule has 0 aliphatic rings. The number of halogens is 1. The van der Waals surface area contributed by atoms with E-state index in [9.17, 15) is 4.79 Å². The number of hydrogen-bond acceptors (Lipinski definition) is 5. The number of ether oxygens (including phenoxy) is 1. The number of nitrogens with zero attached hydrogens (tertiary/aromatic N) is 1. The van der Waals surface area contributed by atoms with Crippen LogP contribution in [0.15, 0.2) is 22.7 Å². The molecule has 0 spiro atoms. The van der Waals surface area contributed by atoms with Crippen molar-refractivity contribution in [2.45, 2.75) is 20.8 Å². The predicted molar refractivity (Wildman–Crippen MR) is 85.0 cm³/mol. The fourth-order valence-electron chi connectivity index (χ4n) is 1.77. The highest BCUT2D eigenvalue weighted by Gasteiger charge is 2.16. The third kappa shape index (κ3) is 3.58. The van der Waals surface area contributed by atoms with E-state index in [1.165, 1.54) is 11.3 Å². The third-order valence-electron chi connectivity index (χ3n) is 2.56. The van der Waals surface area contributed by atoms with Gasteiger partial charge in [-0.1, -0.05) is 15.9 Å². The predicted octanol–water partition coefficient (Wildman–Crippen LogP) is 4.44. The molecule has 0 unspecified atom stereocenters. The Morgan fingerprint density at radius 1 is 1.40 bits per heavy atom. The molecular weight excluding hydrogens is 340 g/mol. The minimum atomic E-state index is -0.375. The van der Waals surface area contributed by atoms with Gasteiger partial charge in [-0.15, -0.1) is 11.3 Å². The average molecular weight is 355 g/mol. The van der Waals surface area contributed by atoms with Gasteiger partial charge in [-0.2, -0.15) is 0 Å². The maximum absolute atomic E-state index is 11.7. The van der Waals surface area contributed by atoms with Gasteiger partial charge < -0.3 is 10.1 Å². The molecule has 1 aromatic heterocycles. The minimum Gasteiger partial charge on any atom is -0.461 e. The van der Waals surface area contributed by atoms with Crippen LogP contribution in [-0.4, -0.2) is 17.6 Å². The van der Waals surface area contributed by atoms with Crippen LogP contribution in [0.2, 0.25) is 0 Å². The Balaban J connectivity index is 2.22. The number of thiazole rings is 1. The first-order valence-corrected chi connectivity index (χ1v) is 7.79. The van der Waals surface area contributed by atoms with Gasteiger partial charge in [0.1, 0.15) is 0 Å². The van der Waals surface area contributed by atoms with Gasteiger partial charge in [-0.05, 0) is 44.5 Å². The number of carbonyl (C=O) groups is 1. The Bertz CT molecular complexity index is 620. The Morgan fingerprint density at radius 3 is 2.80 bits per heavy atom. The largest absolute Gasteiger partial charge is 0.461 e. The van der Waals surface area contributed by atoms with E-state index < -0.39 is 0 Å². The van der Waals surface area contributed by atoms with Gasteiger partial charge in [0.15, 0.2) is 10.8 Å². The smallest absolute Gasteiger partial charge is 0.358 e. The monoisotopic (exact) mass is 354 g/mol. The van der Waals surface area contributed by atoms with Crippen molar-refractivity contribution < 1.29 is 9.53 Å². The van der Waals surface area contributed by atoms with Crippen LogP contribution in [0.25, 0.3) is 0 Å². The van der Waals surface area contributed by atoms with Crippen molar-refractivity contribution in [2.75, 3.05) is 11.9 Å². The number of esters is 1. The highest BCUT2D eigenvalue weighted by atomic mass is 79.9. The van der Waals surface area contributed by atoms with Crippen LogP contribution >= 0.6 is 27.3 Å². The highest BCUT2D eigenvalue weighted by Crippen LogP contribution is 2.27. The van der Waals surface area contributed by atoms with Crippen LogP contribution in [0.1, 0.15) is 27.9 Å². The van der Waals surface area contributed by atoms with Crippen LogP contribution < -0.4 is 5.32 Å². The quantitative estimate of drug-likeness (QED) is 0.824. The Morgan fingerprint density at radius 2 is 2.15 bits per heavy atom. The van der Waals surface area contributed by atoms with Gasteiger partial charge in [-0.3, -0.25) is 0 Å². The van der Waals surface area contributed by atoms with Gasteiger partial charge in [0.05, 0.1) is 6.61 Å². The number of rotatable bonds is 4. The van der Waals surface area contributed by atoms with Crippen molar-refractivity contribution in [1.29, 1.82) is 0 Å². The normalized spacial score (nSPS) is 10.4. The van der Waals surface area contributed by atoms with Gasteiger partial charge >= 0.3 is 5.97 Å². The fraction of sp³-hybridized carbons (Fsp3) is 0.286. The lowest BCUT2D eigenvalue weighted by Crippen LogP contribution is -2.06. The van der Waals surface area contributed by atoms with E-state index in [2.05, 4.69) is 26.2 Å². The molecule has 1 aromatic carbocycles. The average Bonchev–Trinajstić information content (AvgIpc) is 2.69. The number of nitrogens with one attached hydrogen (secondary N) is 1. The zero-order valence-electron chi connectivity index (χ0n) is 11.5. The second-order valence-electron chi connectivity index (χ2n) is 4.29. The van der Waals surface area contributed by atoms with Crippen LogP contribution in [0.3, 0.4) is 0 Å². The molecule has 2 rings (SSSR count). The maximum Gasteiger partial charge on any atom is 0.358 e. The van der Waals surface area contributed by atoms with Gasteiger partial charge in [0.25, 0.3) is 0 Å². The van der Waals surface area contributed by atoms with Crippen LogP contribution in [0.5, 0.6) is 0 Å². The molecular formula is C14H15BrN2O2S. The van der Waals surface area contributed by atoms with Crippen molar-refractivity contribution in [3.63, 3.8) is 0 Å². The zero-order chi connectivity index (χ0) is 14.7. The standard InChI is InChI=1S/C14H15BrN2O2S/c1-4-19-13(18)12-9(3)20-14(17-12)16-11-6-8(2)5-10(15)7-11/h5-7H,4H2,1-3H3,(H,16,17). The number of aromatic nitrogens is 1. The van der Waals surface area contributed by atoms with Crippen LogP contribution in [0, 0.1) is 13.8 Å². The fourth-order valence-corrected chi connectivity index (χ4v) is 3.20. The molecule has 0 fully saturated rings. The Hall–Kier alpha value is -1.40. The number of benzene rings is 1. The lowest BCUT2D eigenvalue weighted by molar-refractivity contribution is 0.0519. The summed E-state index contributed by atoms with van der Waals surface area (Å²) in [6.45, 7) is 6.01. The van der Waals surface area contributed by atoms with E-state index in [-0.39, 0.29) is 5.97 Å². The molecule has 0 aliphatic heterocycles. The molecule has 1 N–H and O–H groups in total. The lowest BCUT2D eigenvalue weighted by Gasteiger charge is -2.04. The van der Waals surface area contributed by atoms with E-state index in [1.54, 1.807) is 6.92 Å². The van der Waals surface area contributed by atoms with Crippen molar-refractivity contribution in [1.82, 2.24) is 4.98 Å². The second-order valence-corrected chi connectivity index (χ2v) is 6.41. The topological polar surface area (TPSA) is 51.2 Å². The molecule has 4 nitrogen and oxygen atoms in total. The molecule has 0 bridgehead atoms. The zero-order valence-corrected chi connectivity index (χ0v) is 13.9. The minimum absolute atomic E-state index is 0.351. The molecule has 20 heavy (non-hydrogen) atoms. The summed E-state index contributed by atoms with van der Waals surface area (Å²) in [4.78, 5) is 16.9. The van der Waals surface area contributed by atoms with Crippen molar-refractivity contribution >= 4 is 44.1 Å². The summed E-state index contributed by atoms with van der Waals surface area (Å²) < 4.78 is 5.98. The molecule has 1 heterocycles. The van der Waals surface area contributed by atoms with Crippen molar-refractivity contribution in [2.24, 2.45) is 0 Å². The molecule has 0 aliphatic carbocycles. The van der Waals surface area contributed by atoms with E-state index in [0.29, 0.717) is 17.4 Å². The third-order valence-corrected chi connectivity index (χ3v) is 3.90. The summed E-state index contributed by atoms with van der Waals surface area (Å²) in [5.74, 6) is -0.375. The SMILES string of the molecule is CCOC(=O)c1nc(Nc2cc(C)cc(Br)c2)sc1C. The highest BCUT2D eigenvalue weighted by molar-refractivity contribution is 9.10. The van der Waals surface area contributed by atoms with Crippen LogP contribution in [-0.2, 0) is 4.74 Å². The summed E-state index contributed by atoms with van der Waals surface area (Å²) in [7, 11) is 0. The van der Waals surface area contributed by atoms with E-state index in [1.807, 2.05) is 32.0 Å². The second kappa shape index (κ2) is 6.37. The Labute approximate surface area is 130 Å². The van der Waals surface area contributed by atoms with Gasteiger partial charge in [0.2, 0.25) is 0 Å². The molecule has 106 valence electrons. The first-order valence-electron chi connectivity index (χ1n) is 6.18. The maximum atomic E-state index is 11.7. The summed E-state index contributed by atoms with van der Waals surface area (Å²) in [6.07, 6.45) is 0. The number of aryl methyl sites for hydroxylation is 2. The summed E-state index contributed by atoms with van der Waals surface area (Å²) in [5, 5.41) is 3.90. The molecule has 6 heteroatoms. The molecule has 0 amide bonds. The van der Waals surface area contributed by atoms with E-state index in [0.717, 1.165) is 20.6 Å². The Kier molecular flexibility index (Phi) is 4.77. The summed E-state index contributed by atoms with van der Waals surface area (Å²) in [6, 6.07) is 6.02. The molecule has 0 saturated heterocycles. The number of hydrogen-bond donors (Lipinski definition) is 1. The van der Waals surface area contributed by atoms with Crippen molar-refractivity contribution in [3.05, 3.63) is 38.8 Å². The first-order chi connectivity index (χ1) is 9.49. The summed E-state index contributed by atoms with van der Waals surface area (Å²) in [5.41, 5.74) is 2.45. The van der Waals surface area contributed by atoms with E-state index >= 15 is 0 Å². The summed E-state index contributed by atoms with van der Waals surface area (Å²) >= 11 is 4.90. The molecule has 0 saturated carbocycles. The molecule has 0 radical (unpaired) electrons. The lowest BCUT2D eigenvalue weighted by atomic mass is 10.2. The van der Waals surface area contributed by atoms with Gasteiger partial charge in [0, 0.05) is 15.0 Å². The molecule has 2 aromatic rings. The molecule has 0 atom stereocenters. The van der Waals surface area contributed by atoms with E-state index in [4.69, 9.17) is 4.74 Å². The first kappa shape index (κ1) is 15.0. The van der Waals surface area contributed by atoms with Crippen LogP contribution in [0.4, 0.5) is 10.8 Å². The number of carbonyl (C=O) groups excluding carboxylic acids is 1. The van der Waals surface area contributed by atoms with Crippen molar-refractivity contribution in [3.8, 4) is 0 Å². The van der Waals surface area contributed by atoms with Gasteiger partial charge in [-0.25, -0.2) is 9.78 Å².